The molecule has 2 aliphatic rings. The molecule has 0 radical (unpaired) electrons. The van der Waals surface area contributed by atoms with Crippen molar-refractivity contribution >= 4 is 0 Å². The van der Waals surface area contributed by atoms with Crippen molar-refractivity contribution in [2.24, 2.45) is 0 Å². The number of hydrogen-bond acceptors (Lipinski definition) is 11. The Labute approximate surface area is 130 Å². The van der Waals surface area contributed by atoms with E-state index in [0.717, 1.165) is 0 Å². The van der Waals surface area contributed by atoms with E-state index in [1.165, 1.54) is 0 Å². The van der Waals surface area contributed by atoms with Crippen molar-refractivity contribution in [1.82, 2.24) is 0 Å². The molecule has 0 aromatic rings. The normalized spacial score (nSPS) is 47.0. The molecule has 2 rings (SSSR count). The second-order valence-electron chi connectivity index (χ2n) is 5.53. The quantitative estimate of drug-likeness (QED) is 0.230. The van der Waals surface area contributed by atoms with Crippen LogP contribution < -0.4 is 0 Å². The van der Waals surface area contributed by atoms with Gasteiger partial charge in [-0.3, -0.25) is 0 Å². The van der Waals surface area contributed by atoms with Gasteiger partial charge >= 0.3 is 0 Å². The minimum absolute atomic E-state index is 0.711. The van der Waals surface area contributed by atoms with Crippen molar-refractivity contribution in [3.8, 4) is 0 Å². The third kappa shape index (κ3) is 3.65. The Kier molecular flexibility index (Phi) is 6.27. The lowest BCUT2D eigenvalue weighted by Gasteiger charge is -2.27. The number of ether oxygens (including phenoxy) is 3. The Morgan fingerprint density at radius 1 is 0.783 bits per heavy atom. The lowest BCUT2D eigenvalue weighted by Crippen LogP contribution is -2.46. The highest BCUT2D eigenvalue weighted by atomic mass is 16.7. The molecule has 0 amide bonds. The zero-order chi connectivity index (χ0) is 17.3. The fraction of sp³-hybridized carbons (Fsp3) is 1.00. The monoisotopic (exact) mass is 342 g/mol. The molecule has 0 bridgehead atoms. The van der Waals surface area contributed by atoms with Gasteiger partial charge in [-0.2, -0.15) is 0 Å². The van der Waals surface area contributed by atoms with E-state index in [-0.39, 0.29) is 0 Å². The molecular formula is C12H22O11. The first-order valence-electron chi connectivity index (χ1n) is 7.08. The van der Waals surface area contributed by atoms with Gasteiger partial charge in [0.15, 0.2) is 12.6 Å². The first kappa shape index (κ1) is 18.9. The van der Waals surface area contributed by atoms with E-state index >= 15 is 0 Å². The summed E-state index contributed by atoms with van der Waals surface area (Å²) < 4.78 is 15.2. The predicted molar refractivity (Wildman–Crippen MR) is 68.6 cm³/mol. The zero-order valence-electron chi connectivity index (χ0n) is 12.0. The van der Waals surface area contributed by atoms with Gasteiger partial charge in [0.2, 0.25) is 0 Å². The molecule has 11 nitrogen and oxygen atoms in total. The highest BCUT2D eigenvalue weighted by Gasteiger charge is 2.51. The van der Waals surface area contributed by atoms with E-state index in [9.17, 15) is 35.7 Å². The van der Waals surface area contributed by atoms with Gasteiger partial charge in [0.25, 0.3) is 0 Å². The summed E-state index contributed by atoms with van der Waals surface area (Å²) in [5.41, 5.74) is 0. The molecule has 11 heteroatoms. The highest BCUT2D eigenvalue weighted by Crippen LogP contribution is 2.29. The Balaban J connectivity index is 2.02. The number of hydrogen-bond donors (Lipinski definition) is 8. The number of aliphatic hydroxyl groups is 8. The highest BCUT2D eigenvalue weighted by molar-refractivity contribution is 4.94. The molecule has 0 aromatic carbocycles. The van der Waals surface area contributed by atoms with E-state index in [4.69, 9.17) is 19.3 Å². The molecule has 0 unspecified atom stereocenters. The van der Waals surface area contributed by atoms with Crippen LogP contribution in [0.4, 0.5) is 0 Å². The van der Waals surface area contributed by atoms with E-state index in [1.54, 1.807) is 0 Å². The molecule has 2 aliphatic heterocycles. The molecule has 0 aliphatic carbocycles. The predicted octanol–water partition coefficient (Wildman–Crippen LogP) is -5.40. The summed E-state index contributed by atoms with van der Waals surface area (Å²) in [5.74, 6) is 0. The fourth-order valence-corrected chi connectivity index (χ4v) is 2.60. The summed E-state index contributed by atoms with van der Waals surface area (Å²) >= 11 is 0. The second kappa shape index (κ2) is 7.63. The lowest BCUT2D eigenvalue weighted by molar-refractivity contribution is -0.239. The Bertz CT molecular complexity index is 382. The third-order valence-electron chi connectivity index (χ3n) is 3.95. The molecule has 0 spiro atoms. The van der Waals surface area contributed by atoms with Crippen molar-refractivity contribution in [1.29, 1.82) is 0 Å². The van der Waals surface area contributed by atoms with Crippen molar-refractivity contribution in [3.63, 3.8) is 0 Å². The zero-order valence-corrected chi connectivity index (χ0v) is 12.0. The minimum atomic E-state index is -1.67. The largest absolute Gasteiger partial charge is 0.394 e. The van der Waals surface area contributed by atoms with Crippen LogP contribution >= 0.6 is 0 Å². The summed E-state index contributed by atoms with van der Waals surface area (Å²) in [5, 5.41) is 75.8. The van der Waals surface area contributed by atoms with Gasteiger partial charge in [-0.25, -0.2) is 0 Å². The average Bonchev–Trinajstić information content (AvgIpc) is 2.96. The smallest absolute Gasteiger partial charge is 0.187 e. The van der Waals surface area contributed by atoms with Crippen molar-refractivity contribution in [3.05, 3.63) is 0 Å². The maximum absolute atomic E-state index is 9.85. The molecular weight excluding hydrogens is 320 g/mol. The maximum Gasteiger partial charge on any atom is 0.187 e. The lowest BCUT2D eigenvalue weighted by atomic mass is 10.1. The SMILES string of the molecule is OC[C@H](O)[C@@H]1O[C@H](O[C@H](CO)[C@@H]2O[C@H](O)[C@@H](O)[C@@H]2O)[C@@H](O)[C@@H]1O. The molecule has 23 heavy (non-hydrogen) atoms. The first-order chi connectivity index (χ1) is 10.8. The fourth-order valence-electron chi connectivity index (χ4n) is 2.60. The van der Waals surface area contributed by atoms with Crippen molar-refractivity contribution in [2.75, 3.05) is 13.2 Å². The van der Waals surface area contributed by atoms with E-state index < -0.39 is 74.6 Å². The summed E-state index contributed by atoms with van der Waals surface area (Å²) in [6.07, 6.45) is -14.8. The standard InChI is InChI=1S/C12H22O11/c13-1-3(15)9-6(17)8(19)12(23-9)21-4(2-14)10-5(16)7(18)11(20)22-10/h3-20H,1-2H2/t3-,4+,5-,6-,7-,8-,9-,10-,11-,12-/m0/s1. The molecule has 136 valence electrons. The van der Waals surface area contributed by atoms with E-state index in [1.807, 2.05) is 0 Å². The van der Waals surface area contributed by atoms with Gasteiger partial charge in [0.05, 0.1) is 13.2 Å². The maximum atomic E-state index is 9.85. The molecule has 0 aromatic heterocycles. The van der Waals surface area contributed by atoms with Crippen molar-refractivity contribution in [2.45, 2.75) is 61.4 Å². The minimum Gasteiger partial charge on any atom is -0.394 e. The summed E-state index contributed by atoms with van der Waals surface area (Å²) in [4.78, 5) is 0. The molecule has 0 saturated carbocycles. The number of aliphatic hydroxyl groups excluding tert-OH is 8. The second-order valence-corrected chi connectivity index (χ2v) is 5.53. The van der Waals surface area contributed by atoms with Crippen LogP contribution in [0, 0.1) is 0 Å². The topological polar surface area (TPSA) is 190 Å². The van der Waals surface area contributed by atoms with Crippen LogP contribution in [-0.4, -0.2) is 115 Å². The first-order valence-corrected chi connectivity index (χ1v) is 7.08. The van der Waals surface area contributed by atoms with Crippen LogP contribution in [0.15, 0.2) is 0 Å². The molecule has 8 N–H and O–H groups in total. The van der Waals surface area contributed by atoms with Crippen LogP contribution in [0.2, 0.25) is 0 Å². The van der Waals surface area contributed by atoms with Crippen LogP contribution in [-0.2, 0) is 14.2 Å². The van der Waals surface area contributed by atoms with Crippen LogP contribution in [0.5, 0.6) is 0 Å². The molecule has 2 fully saturated rings. The Hall–Kier alpha value is -0.440. The summed E-state index contributed by atoms with van der Waals surface area (Å²) in [6, 6.07) is 0. The average molecular weight is 342 g/mol. The van der Waals surface area contributed by atoms with E-state index in [0.29, 0.717) is 0 Å². The van der Waals surface area contributed by atoms with Gasteiger partial charge in [-0.05, 0) is 0 Å². The van der Waals surface area contributed by atoms with Crippen LogP contribution in [0.3, 0.4) is 0 Å². The molecule has 2 heterocycles. The summed E-state index contributed by atoms with van der Waals surface area (Å²) in [6.45, 7) is -1.43. The van der Waals surface area contributed by atoms with Gasteiger partial charge in [-0.15, -0.1) is 0 Å². The van der Waals surface area contributed by atoms with Gasteiger partial charge in [0.1, 0.15) is 48.8 Å². The van der Waals surface area contributed by atoms with Gasteiger partial charge in [-0.1, -0.05) is 0 Å². The van der Waals surface area contributed by atoms with Gasteiger partial charge in [0, 0.05) is 0 Å². The third-order valence-corrected chi connectivity index (χ3v) is 3.95. The van der Waals surface area contributed by atoms with Crippen molar-refractivity contribution < 1.29 is 55.1 Å². The molecule has 2 saturated heterocycles. The van der Waals surface area contributed by atoms with Crippen LogP contribution in [0.1, 0.15) is 0 Å². The number of rotatable bonds is 6. The summed E-state index contributed by atoms with van der Waals surface area (Å²) in [7, 11) is 0. The van der Waals surface area contributed by atoms with Gasteiger partial charge < -0.3 is 55.1 Å². The van der Waals surface area contributed by atoms with Crippen LogP contribution in [0.25, 0.3) is 0 Å². The Morgan fingerprint density at radius 3 is 1.87 bits per heavy atom. The van der Waals surface area contributed by atoms with E-state index in [2.05, 4.69) is 0 Å². The Morgan fingerprint density at radius 2 is 1.39 bits per heavy atom. The molecule has 10 atom stereocenters.